The van der Waals surface area contributed by atoms with E-state index in [2.05, 4.69) is 43.4 Å². The molecular formula is C32H41ClN7O4P. The van der Waals surface area contributed by atoms with Gasteiger partial charge in [0.15, 0.2) is 5.82 Å². The number of carbonyl (C=O) groups is 1. The summed E-state index contributed by atoms with van der Waals surface area (Å²) in [6.45, 7) is 15.9. The predicted molar refractivity (Wildman–Crippen MR) is 180 cm³/mol. The highest BCUT2D eigenvalue weighted by molar-refractivity contribution is 7.70. The number of nitrogens with one attached hydrogen (secondary N) is 2. The van der Waals surface area contributed by atoms with Crippen molar-refractivity contribution in [2.45, 2.75) is 45.4 Å². The van der Waals surface area contributed by atoms with Gasteiger partial charge in [-0.3, -0.25) is 4.90 Å². The van der Waals surface area contributed by atoms with Gasteiger partial charge in [0.1, 0.15) is 30.1 Å². The van der Waals surface area contributed by atoms with Crippen LogP contribution < -0.4 is 25.6 Å². The van der Waals surface area contributed by atoms with Crippen molar-refractivity contribution in [3.05, 3.63) is 53.2 Å². The molecule has 0 bridgehead atoms. The molecule has 3 aliphatic rings. The molecule has 45 heavy (non-hydrogen) atoms. The number of benzene rings is 2. The predicted octanol–water partition coefficient (Wildman–Crippen LogP) is 5.68. The van der Waals surface area contributed by atoms with Gasteiger partial charge in [-0.15, -0.1) is 0 Å². The van der Waals surface area contributed by atoms with Crippen LogP contribution in [0.2, 0.25) is 5.02 Å². The summed E-state index contributed by atoms with van der Waals surface area (Å²) in [4.78, 5) is 28.1. The lowest BCUT2D eigenvalue weighted by Crippen LogP contribution is -2.67. The van der Waals surface area contributed by atoms with Crippen LogP contribution in [0, 0.1) is 6.92 Å². The maximum absolute atomic E-state index is 12.8. The number of aromatic nitrogens is 2. The normalized spacial score (nSPS) is 18.8. The maximum atomic E-state index is 12.8. The highest BCUT2D eigenvalue weighted by atomic mass is 35.5. The number of likely N-dealkylation sites (tertiary alicyclic amines) is 1. The zero-order valence-corrected chi connectivity index (χ0v) is 28.3. The quantitative estimate of drug-likeness (QED) is 0.323. The molecule has 0 aliphatic carbocycles. The summed E-state index contributed by atoms with van der Waals surface area (Å²) in [7, 11) is -2.53. The van der Waals surface area contributed by atoms with Crippen LogP contribution in [0.5, 0.6) is 5.75 Å². The largest absolute Gasteiger partial charge is 0.489 e. The molecule has 240 valence electrons. The number of rotatable bonds is 6. The fourth-order valence-corrected chi connectivity index (χ4v) is 7.41. The lowest BCUT2D eigenvalue weighted by atomic mass is 10.0. The van der Waals surface area contributed by atoms with Gasteiger partial charge in [-0.1, -0.05) is 23.7 Å². The average molecular weight is 654 g/mol. The minimum Gasteiger partial charge on any atom is -0.489 e. The molecule has 4 heterocycles. The molecule has 1 amide bonds. The van der Waals surface area contributed by atoms with Crippen LogP contribution in [-0.2, 0) is 9.30 Å². The molecule has 2 fully saturated rings. The number of halogens is 1. The summed E-state index contributed by atoms with van der Waals surface area (Å²) >= 11 is 6.45. The zero-order valence-electron chi connectivity index (χ0n) is 26.6. The average Bonchev–Trinajstić information content (AvgIpc) is 2.92. The van der Waals surface area contributed by atoms with E-state index in [0.717, 1.165) is 47.6 Å². The first-order valence-corrected chi connectivity index (χ1v) is 18.2. The first-order chi connectivity index (χ1) is 21.2. The molecule has 0 saturated carbocycles. The second-order valence-electron chi connectivity index (χ2n) is 13.3. The Hall–Kier alpha value is -3.53. The number of carbonyl (C=O) groups excluding carboxylic acids is 1. The SMILES string of the molecule is Cc1cc(Nc2ncc(Cl)c(Nc3ccccc3P(C)(C)=O)n2)cc2c1N1CCN(C3CN(C(=O)OC(C)(C)C)C3)C[C@H]1CO2. The lowest BCUT2D eigenvalue weighted by molar-refractivity contribution is -0.0202. The molecule has 3 aromatic rings. The van der Waals surface area contributed by atoms with Crippen LogP contribution in [0.4, 0.5) is 33.6 Å². The van der Waals surface area contributed by atoms with Crippen molar-refractivity contribution >= 4 is 59.0 Å². The van der Waals surface area contributed by atoms with E-state index in [1.54, 1.807) is 24.4 Å². The Labute approximate surface area is 269 Å². The Morgan fingerprint density at radius 2 is 1.84 bits per heavy atom. The van der Waals surface area contributed by atoms with Crippen LogP contribution >= 0.6 is 18.7 Å². The van der Waals surface area contributed by atoms with Crippen LogP contribution in [0.25, 0.3) is 0 Å². The molecule has 2 aromatic carbocycles. The van der Waals surface area contributed by atoms with Gasteiger partial charge in [0, 0.05) is 55.8 Å². The summed E-state index contributed by atoms with van der Waals surface area (Å²) in [5, 5.41) is 7.63. The summed E-state index contributed by atoms with van der Waals surface area (Å²) in [6, 6.07) is 12.1. The minimum atomic E-state index is -2.53. The third-order valence-electron chi connectivity index (χ3n) is 8.27. The van der Waals surface area contributed by atoms with E-state index >= 15 is 0 Å². The van der Waals surface area contributed by atoms with Gasteiger partial charge in [0.25, 0.3) is 0 Å². The van der Waals surface area contributed by atoms with Gasteiger partial charge in [-0.2, -0.15) is 4.98 Å². The third-order valence-corrected chi connectivity index (χ3v) is 10.1. The smallest absolute Gasteiger partial charge is 0.410 e. The molecule has 0 unspecified atom stereocenters. The second kappa shape index (κ2) is 12.0. The van der Waals surface area contributed by atoms with Gasteiger partial charge in [0.05, 0.1) is 23.6 Å². The Morgan fingerprint density at radius 1 is 1.09 bits per heavy atom. The molecule has 11 nitrogen and oxygen atoms in total. The van der Waals surface area contributed by atoms with E-state index in [0.29, 0.717) is 48.2 Å². The first kappa shape index (κ1) is 31.5. The van der Waals surface area contributed by atoms with Crippen molar-refractivity contribution in [1.29, 1.82) is 0 Å². The van der Waals surface area contributed by atoms with E-state index in [1.807, 2.05) is 51.1 Å². The molecule has 2 N–H and O–H groups in total. The molecule has 0 radical (unpaired) electrons. The monoisotopic (exact) mass is 653 g/mol. The van der Waals surface area contributed by atoms with Crippen molar-refractivity contribution in [1.82, 2.24) is 19.8 Å². The Bertz CT molecular complexity index is 1650. The number of aryl methyl sites for hydroxylation is 1. The third kappa shape index (κ3) is 6.86. The highest BCUT2D eigenvalue weighted by Gasteiger charge is 2.42. The molecule has 13 heteroatoms. The maximum Gasteiger partial charge on any atom is 0.410 e. The molecule has 2 saturated heterocycles. The number of ether oxygens (including phenoxy) is 2. The number of hydrogen-bond donors (Lipinski definition) is 2. The highest BCUT2D eigenvalue weighted by Crippen LogP contribution is 2.42. The number of fused-ring (bicyclic) bond motifs is 3. The minimum absolute atomic E-state index is 0.233. The number of anilines is 5. The van der Waals surface area contributed by atoms with Crippen LogP contribution in [-0.4, -0.2) is 96.2 Å². The molecule has 3 aliphatic heterocycles. The zero-order chi connectivity index (χ0) is 32.1. The number of hydrogen-bond acceptors (Lipinski definition) is 10. The van der Waals surface area contributed by atoms with Crippen molar-refractivity contribution in [3.8, 4) is 5.75 Å². The number of nitrogens with zero attached hydrogens (tertiary/aromatic N) is 5. The standard InChI is InChI=1S/C32H41ClN7O4P/c1-20-13-21(35-30-34-15-24(33)29(37-30)36-25-9-7-8-10-27(25)45(5,6)42)14-26-28(20)40-12-11-38(18-23(40)19-43-26)22-16-39(17-22)31(41)44-32(2,3)4/h7-10,13-15,22-23H,11-12,16-19H2,1-6H3,(H2,34,35,36,37)/t23-/m0/s1. The Kier molecular flexibility index (Phi) is 8.39. The molecular weight excluding hydrogens is 613 g/mol. The summed E-state index contributed by atoms with van der Waals surface area (Å²) in [5.41, 5.74) is 3.22. The summed E-state index contributed by atoms with van der Waals surface area (Å²) < 4.78 is 24.7. The van der Waals surface area contributed by atoms with Gasteiger partial charge >= 0.3 is 6.09 Å². The van der Waals surface area contributed by atoms with Crippen LogP contribution in [0.3, 0.4) is 0 Å². The van der Waals surface area contributed by atoms with Crippen LogP contribution in [0.1, 0.15) is 26.3 Å². The fraction of sp³-hybridized carbons (Fsp3) is 0.469. The summed E-state index contributed by atoms with van der Waals surface area (Å²) in [6.07, 6.45) is 1.30. The molecule has 0 spiro atoms. The number of amides is 1. The molecule has 1 atom stereocenters. The number of para-hydroxylation sites is 1. The van der Waals surface area contributed by atoms with E-state index in [4.69, 9.17) is 21.1 Å². The first-order valence-electron chi connectivity index (χ1n) is 15.2. The van der Waals surface area contributed by atoms with E-state index in [-0.39, 0.29) is 12.1 Å². The van der Waals surface area contributed by atoms with Gasteiger partial charge in [-0.05, 0) is 64.8 Å². The summed E-state index contributed by atoms with van der Waals surface area (Å²) in [5.74, 6) is 1.62. The molecule has 1 aromatic heterocycles. The van der Waals surface area contributed by atoms with Crippen molar-refractivity contribution in [2.75, 3.05) is 68.2 Å². The van der Waals surface area contributed by atoms with Gasteiger partial charge in [-0.25, -0.2) is 9.78 Å². The van der Waals surface area contributed by atoms with Gasteiger partial charge < -0.3 is 34.5 Å². The Morgan fingerprint density at radius 3 is 2.58 bits per heavy atom. The van der Waals surface area contributed by atoms with E-state index in [9.17, 15) is 9.36 Å². The Balaban J connectivity index is 1.12. The van der Waals surface area contributed by atoms with Gasteiger partial charge in [0.2, 0.25) is 5.95 Å². The lowest BCUT2D eigenvalue weighted by Gasteiger charge is -2.52. The van der Waals surface area contributed by atoms with Crippen molar-refractivity contribution in [2.24, 2.45) is 0 Å². The number of piperazine rings is 1. The van der Waals surface area contributed by atoms with Crippen molar-refractivity contribution in [3.63, 3.8) is 0 Å². The van der Waals surface area contributed by atoms with E-state index < -0.39 is 12.7 Å². The van der Waals surface area contributed by atoms with Crippen LogP contribution in [0.15, 0.2) is 42.6 Å². The molecule has 6 rings (SSSR count). The van der Waals surface area contributed by atoms with Crippen molar-refractivity contribution < 1.29 is 18.8 Å². The second-order valence-corrected chi connectivity index (χ2v) is 16.9. The fourth-order valence-electron chi connectivity index (χ4n) is 6.11. The van der Waals surface area contributed by atoms with E-state index in [1.165, 1.54) is 0 Å². The topological polar surface area (TPSA) is 112 Å².